The van der Waals surface area contributed by atoms with Crippen molar-refractivity contribution in [2.24, 2.45) is 5.92 Å². The molecule has 0 saturated carbocycles. The van der Waals surface area contributed by atoms with Gasteiger partial charge < -0.3 is 9.47 Å². The van der Waals surface area contributed by atoms with E-state index in [1.165, 1.54) is 12.2 Å². The number of hydrogen-bond donors (Lipinski definition) is 0. The Morgan fingerprint density at radius 2 is 1.70 bits per heavy atom. The van der Waals surface area contributed by atoms with Gasteiger partial charge in [0, 0.05) is 0 Å². The molecule has 0 amide bonds. The van der Waals surface area contributed by atoms with E-state index in [1.807, 2.05) is 18.2 Å². The van der Waals surface area contributed by atoms with Crippen LogP contribution in [0.2, 0.25) is 0 Å². The molecular formula is C18H18O5. The monoisotopic (exact) mass is 314 g/mol. The van der Waals surface area contributed by atoms with E-state index in [9.17, 15) is 14.4 Å². The van der Waals surface area contributed by atoms with Crippen LogP contribution < -0.4 is 0 Å². The zero-order valence-electron chi connectivity index (χ0n) is 13.1. The zero-order chi connectivity index (χ0) is 16.8. The summed E-state index contributed by atoms with van der Waals surface area (Å²) in [5, 5.41) is 0. The van der Waals surface area contributed by atoms with Gasteiger partial charge in [-0.05, 0) is 31.1 Å². The Kier molecular flexibility index (Phi) is 5.46. The lowest BCUT2D eigenvalue weighted by atomic mass is 9.86. The SMILES string of the molecule is CCOC(=O)C1=CC(=O)C(C(=O)OCC)C=C1c1ccccc1. The summed E-state index contributed by atoms with van der Waals surface area (Å²) in [4.78, 5) is 36.3. The van der Waals surface area contributed by atoms with E-state index in [0.29, 0.717) is 5.57 Å². The molecule has 1 aromatic carbocycles. The number of benzene rings is 1. The van der Waals surface area contributed by atoms with Gasteiger partial charge in [0.2, 0.25) is 0 Å². The highest BCUT2D eigenvalue weighted by molar-refractivity contribution is 6.19. The molecule has 0 spiro atoms. The van der Waals surface area contributed by atoms with Gasteiger partial charge >= 0.3 is 11.9 Å². The predicted molar refractivity (Wildman–Crippen MR) is 84.3 cm³/mol. The van der Waals surface area contributed by atoms with Crippen LogP contribution in [0.4, 0.5) is 0 Å². The molecule has 0 heterocycles. The third-order valence-electron chi connectivity index (χ3n) is 3.34. The Balaban J connectivity index is 2.45. The van der Waals surface area contributed by atoms with Crippen molar-refractivity contribution in [3.05, 3.63) is 53.6 Å². The quantitative estimate of drug-likeness (QED) is 0.616. The molecule has 1 aliphatic carbocycles. The summed E-state index contributed by atoms with van der Waals surface area (Å²) in [5.74, 6) is -2.72. The number of rotatable bonds is 5. The maximum absolute atomic E-state index is 12.2. The first kappa shape index (κ1) is 16.7. The van der Waals surface area contributed by atoms with Crippen LogP contribution in [0.3, 0.4) is 0 Å². The second-order valence-corrected chi connectivity index (χ2v) is 4.86. The van der Waals surface area contributed by atoms with Crippen LogP contribution in [-0.2, 0) is 23.9 Å². The fourth-order valence-electron chi connectivity index (χ4n) is 2.31. The van der Waals surface area contributed by atoms with Gasteiger partial charge in [-0.15, -0.1) is 0 Å². The highest BCUT2D eigenvalue weighted by atomic mass is 16.5. The van der Waals surface area contributed by atoms with Crippen molar-refractivity contribution < 1.29 is 23.9 Å². The third-order valence-corrected chi connectivity index (χ3v) is 3.34. The molecule has 0 aromatic heterocycles. The largest absolute Gasteiger partial charge is 0.465 e. The fraction of sp³-hybridized carbons (Fsp3) is 0.278. The van der Waals surface area contributed by atoms with Crippen molar-refractivity contribution in [1.29, 1.82) is 0 Å². The van der Waals surface area contributed by atoms with E-state index in [4.69, 9.17) is 9.47 Å². The first-order chi connectivity index (χ1) is 11.1. The van der Waals surface area contributed by atoms with Crippen LogP contribution in [0.25, 0.3) is 5.57 Å². The smallest absolute Gasteiger partial charge is 0.338 e. The number of allylic oxidation sites excluding steroid dienone is 1. The molecule has 1 unspecified atom stereocenters. The average Bonchev–Trinajstić information content (AvgIpc) is 2.55. The molecule has 23 heavy (non-hydrogen) atoms. The van der Waals surface area contributed by atoms with Gasteiger partial charge in [-0.2, -0.15) is 0 Å². The van der Waals surface area contributed by atoms with Crippen LogP contribution in [0.1, 0.15) is 19.4 Å². The number of carbonyl (C=O) groups excluding carboxylic acids is 3. The molecule has 2 rings (SSSR count). The van der Waals surface area contributed by atoms with Gasteiger partial charge in [0.15, 0.2) is 5.78 Å². The van der Waals surface area contributed by atoms with Gasteiger partial charge in [-0.1, -0.05) is 36.4 Å². The Hall–Kier alpha value is -2.69. The zero-order valence-corrected chi connectivity index (χ0v) is 13.1. The van der Waals surface area contributed by atoms with Crippen molar-refractivity contribution >= 4 is 23.3 Å². The minimum atomic E-state index is -1.04. The van der Waals surface area contributed by atoms with E-state index >= 15 is 0 Å². The number of ether oxygens (including phenoxy) is 2. The standard InChI is InChI=1S/C18H18O5/c1-3-22-17(20)14-11-16(19)15(18(21)23-4-2)10-13(14)12-8-6-5-7-9-12/h5-11,15H,3-4H2,1-2H3. The highest BCUT2D eigenvalue weighted by Gasteiger charge is 2.32. The van der Waals surface area contributed by atoms with Crippen molar-refractivity contribution in [3.63, 3.8) is 0 Å². The van der Waals surface area contributed by atoms with Gasteiger partial charge in [0.05, 0.1) is 18.8 Å². The lowest BCUT2D eigenvalue weighted by Gasteiger charge is -2.19. The molecule has 120 valence electrons. The van der Waals surface area contributed by atoms with Crippen LogP contribution in [0.5, 0.6) is 0 Å². The van der Waals surface area contributed by atoms with Gasteiger partial charge in [0.1, 0.15) is 5.92 Å². The first-order valence-electron chi connectivity index (χ1n) is 7.45. The molecule has 1 atom stereocenters. The summed E-state index contributed by atoms with van der Waals surface area (Å²) in [6.45, 7) is 3.75. The summed E-state index contributed by atoms with van der Waals surface area (Å²) >= 11 is 0. The number of hydrogen-bond acceptors (Lipinski definition) is 5. The molecule has 1 aliphatic rings. The van der Waals surface area contributed by atoms with Gasteiger partial charge in [-0.3, -0.25) is 9.59 Å². The summed E-state index contributed by atoms with van der Waals surface area (Å²) in [5.41, 5.74) is 1.39. The first-order valence-corrected chi connectivity index (χ1v) is 7.45. The maximum Gasteiger partial charge on any atom is 0.338 e. The molecular weight excluding hydrogens is 296 g/mol. The van der Waals surface area contributed by atoms with E-state index in [0.717, 1.165) is 5.56 Å². The lowest BCUT2D eigenvalue weighted by Crippen LogP contribution is -2.27. The fourth-order valence-corrected chi connectivity index (χ4v) is 2.31. The Morgan fingerprint density at radius 1 is 1.04 bits per heavy atom. The minimum absolute atomic E-state index is 0.156. The molecule has 0 fully saturated rings. The van der Waals surface area contributed by atoms with Crippen molar-refractivity contribution in [3.8, 4) is 0 Å². The maximum atomic E-state index is 12.2. The van der Waals surface area contributed by atoms with Crippen LogP contribution in [0, 0.1) is 5.92 Å². The number of ketones is 1. The van der Waals surface area contributed by atoms with Crippen molar-refractivity contribution in [2.75, 3.05) is 13.2 Å². The molecule has 0 radical (unpaired) electrons. The third kappa shape index (κ3) is 3.74. The average molecular weight is 314 g/mol. The van der Waals surface area contributed by atoms with Gasteiger partial charge in [-0.25, -0.2) is 4.79 Å². The lowest BCUT2D eigenvalue weighted by molar-refractivity contribution is -0.149. The van der Waals surface area contributed by atoms with Crippen LogP contribution in [0.15, 0.2) is 48.1 Å². The van der Waals surface area contributed by atoms with E-state index in [-0.39, 0.29) is 18.8 Å². The van der Waals surface area contributed by atoms with Crippen molar-refractivity contribution in [2.45, 2.75) is 13.8 Å². The normalized spacial score (nSPS) is 17.1. The summed E-state index contributed by atoms with van der Waals surface area (Å²) in [6, 6.07) is 9.08. The number of carbonyl (C=O) groups is 3. The number of esters is 2. The van der Waals surface area contributed by atoms with Crippen LogP contribution >= 0.6 is 0 Å². The highest BCUT2D eigenvalue weighted by Crippen LogP contribution is 2.30. The Bertz CT molecular complexity index is 670. The van der Waals surface area contributed by atoms with E-state index < -0.39 is 23.6 Å². The Labute approximate surface area is 134 Å². The van der Waals surface area contributed by atoms with Crippen LogP contribution in [-0.4, -0.2) is 30.9 Å². The summed E-state index contributed by atoms with van der Waals surface area (Å²) < 4.78 is 9.94. The van der Waals surface area contributed by atoms with Gasteiger partial charge in [0.25, 0.3) is 0 Å². The second kappa shape index (κ2) is 7.54. The minimum Gasteiger partial charge on any atom is -0.465 e. The molecule has 0 N–H and O–H groups in total. The molecule has 5 heteroatoms. The molecule has 0 aliphatic heterocycles. The second-order valence-electron chi connectivity index (χ2n) is 4.86. The summed E-state index contributed by atoms with van der Waals surface area (Å²) in [6.07, 6.45) is 2.64. The van der Waals surface area contributed by atoms with E-state index in [2.05, 4.69) is 0 Å². The molecule has 1 aromatic rings. The predicted octanol–water partition coefficient (Wildman–Crippen LogP) is 2.32. The topological polar surface area (TPSA) is 69.7 Å². The molecule has 0 bridgehead atoms. The molecule has 0 saturated heterocycles. The summed E-state index contributed by atoms with van der Waals surface area (Å²) in [7, 11) is 0. The molecule has 5 nitrogen and oxygen atoms in total. The van der Waals surface area contributed by atoms with E-state index in [1.54, 1.807) is 26.0 Å². The Morgan fingerprint density at radius 3 is 2.30 bits per heavy atom. The van der Waals surface area contributed by atoms with Crippen molar-refractivity contribution in [1.82, 2.24) is 0 Å².